The van der Waals surface area contributed by atoms with Crippen LogP contribution in [0.1, 0.15) is 12.0 Å². The van der Waals surface area contributed by atoms with Crippen LogP contribution in [0.4, 0.5) is 5.69 Å². The zero-order valence-corrected chi connectivity index (χ0v) is 9.35. The lowest BCUT2D eigenvalue weighted by Gasteiger charge is -2.19. The minimum absolute atomic E-state index is 0.0712. The highest BCUT2D eigenvalue weighted by atomic mass is 79.9. The maximum atomic E-state index is 11.1. The zero-order valence-electron chi connectivity index (χ0n) is 7.76. The van der Waals surface area contributed by atoms with Gasteiger partial charge in [-0.25, -0.2) is 0 Å². The molecule has 1 amide bonds. The molecule has 0 radical (unpaired) electrons. The molecule has 74 valence electrons. The highest BCUT2D eigenvalue weighted by Gasteiger charge is 2.19. The molecule has 2 rings (SSSR count). The second-order valence-electron chi connectivity index (χ2n) is 3.15. The number of ether oxygens (including phenoxy) is 1. The number of hydrogen-bond acceptors (Lipinski definition) is 2. The van der Waals surface area contributed by atoms with E-state index >= 15 is 0 Å². The van der Waals surface area contributed by atoms with Gasteiger partial charge >= 0.3 is 0 Å². The smallest absolute Gasteiger partial charge is 0.224 e. The fourth-order valence-electron chi connectivity index (χ4n) is 1.64. The number of methoxy groups -OCH3 is 1. The van der Waals surface area contributed by atoms with Crippen molar-refractivity contribution in [3.05, 3.63) is 22.2 Å². The molecule has 0 bridgehead atoms. The van der Waals surface area contributed by atoms with Crippen molar-refractivity contribution in [3.63, 3.8) is 0 Å². The topological polar surface area (TPSA) is 38.3 Å². The summed E-state index contributed by atoms with van der Waals surface area (Å²) in [6.45, 7) is 0. The Morgan fingerprint density at radius 2 is 2.21 bits per heavy atom. The molecule has 0 fully saturated rings. The first kappa shape index (κ1) is 9.52. The lowest BCUT2D eigenvalue weighted by Crippen LogP contribution is -2.19. The van der Waals surface area contributed by atoms with E-state index in [1.54, 1.807) is 7.11 Å². The molecule has 1 aromatic carbocycles. The SMILES string of the molecule is COc1c(Br)ccc2c1CCC(=O)N2. The van der Waals surface area contributed by atoms with Crippen molar-refractivity contribution in [2.24, 2.45) is 0 Å². The van der Waals surface area contributed by atoms with Gasteiger partial charge in [0.15, 0.2) is 0 Å². The first-order valence-corrected chi connectivity index (χ1v) is 5.17. The van der Waals surface area contributed by atoms with Gasteiger partial charge in [-0.1, -0.05) is 0 Å². The maximum Gasteiger partial charge on any atom is 0.224 e. The Kier molecular flexibility index (Phi) is 2.46. The Balaban J connectivity index is 2.52. The van der Waals surface area contributed by atoms with Crippen molar-refractivity contribution in [1.82, 2.24) is 0 Å². The highest BCUT2D eigenvalue weighted by molar-refractivity contribution is 9.10. The molecule has 0 aromatic heterocycles. The Hall–Kier alpha value is -1.03. The fourth-order valence-corrected chi connectivity index (χ4v) is 2.17. The van der Waals surface area contributed by atoms with Gasteiger partial charge in [0, 0.05) is 17.7 Å². The molecule has 0 aliphatic carbocycles. The number of carbonyl (C=O) groups excluding carboxylic acids is 1. The molecule has 1 aromatic rings. The van der Waals surface area contributed by atoms with Gasteiger partial charge in [-0.2, -0.15) is 0 Å². The predicted octanol–water partition coefficient (Wildman–Crippen LogP) is 2.34. The summed E-state index contributed by atoms with van der Waals surface area (Å²) in [6, 6.07) is 3.77. The summed E-state index contributed by atoms with van der Waals surface area (Å²) in [4.78, 5) is 11.1. The van der Waals surface area contributed by atoms with Gasteiger partial charge in [0.05, 0.1) is 11.6 Å². The normalized spacial score (nSPS) is 14.6. The molecule has 0 saturated carbocycles. The molecule has 1 aliphatic heterocycles. The molecule has 0 spiro atoms. The van der Waals surface area contributed by atoms with Gasteiger partial charge in [-0.3, -0.25) is 4.79 Å². The van der Waals surface area contributed by atoms with Crippen LogP contribution in [0, 0.1) is 0 Å². The number of carbonyl (C=O) groups is 1. The summed E-state index contributed by atoms with van der Waals surface area (Å²) in [7, 11) is 1.64. The molecule has 4 heteroatoms. The largest absolute Gasteiger partial charge is 0.495 e. The van der Waals surface area contributed by atoms with E-state index in [9.17, 15) is 4.79 Å². The minimum atomic E-state index is 0.0712. The zero-order chi connectivity index (χ0) is 10.1. The van der Waals surface area contributed by atoms with Crippen LogP contribution in [-0.2, 0) is 11.2 Å². The van der Waals surface area contributed by atoms with E-state index in [0.717, 1.165) is 27.9 Å². The third-order valence-corrected chi connectivity index (χ3v) is 2.92. The summed E-state index contributed by atoms with van der Waals surface area (Å²) >= 11 is 3.41. The number of anilines is 1. The molecular formula is C10H10BrNO2. The lowest BCUT2D eigenvalue weighted by molar-refractivity contribution is -0.116. The van der Waals surface area contributed by atoms with Crippen molar-refractivity contribution >= 4 is 27.5 Å². The van der Waals surface area contributed by atoms with Gasteiger partial charge in [0.25, 0.3) is 0 Å². The van der Waals surface area contributed by atoms with Crippen LogP contribution in [-0.4, -0.2) is 13.0 Å². The van der Waals surface area contributed by atoms with Crippen LogP contribution >= 0.6 is 15.9 Å². The Labute approximate surface area is 90.6 Å². The summed E-state index contributed by atoms with van der Waals surface area (Å²) in [5, 5.41) is 2.82. The van der Waals surface area contributed by atoms with E-state index in [2.05, 4.69) is 21.2 Å². The molecule has 14 heavy (non-hydrogen) atoms. The summed E-state index contributed by atoms with van der Waals surface area (Å²) in [6.07, 6.45) is 1.27. The van der Waals surface area contributed by atoms with Crippen LogP contribution in [0.15, 0.2) is 16.6 Å². The summed E-state index contributed by atoms with van der Waals surface area (Å²) in [5.74, 6) is 0.893. The lowest BCUT2D eigenvalue weighted by atomic mass is 10.0. The molecule has 1 aliphatic rings. The Morgan fingerprint density at radius 1 is 1.43 bits per heavy atom. The third kappa shape index (κ3) is 1.50. The number of amides is 1. The van der Waals surface area contributed by atoms with Gasteiger partial charge in [0.2, 0.25) is 5.91 Å². The van der Waals surface area contributed by atoms with E-state index in [1.807, 2.05) is 12.1 Å². The van der Waals surface area contributed by atoms with Crippen molar-refractivity contribution in [1.29, 1.82) is 0 Å². The fraction of sp³-hybridized carbons (Fsp3) is 0.300. The van der Waals surface area contributed by atoms with Crippen LogP contribution < -0.4 is 10.1 Å². The summed E-state index contributed by atoms with van der Waals surface area (Å²) in [5.41, 5.74) is 1.93. The van der Waals surface area contributed by atoms with Crippen molar-refractivity contribution in [2.45, 2.75) is 12.8 Å². The molecule has 0 unspecified atom stereocenters. The van der Waals surface area contributed by atoms with E-state index in [1.165, 1.54) is 0 Å². The Bertz CT molecular complexity index is 390. The predicted molar refractivity (Wildman–Crippen MR) is 57.6 cm³/mol. The number of hydrogen-bond donors (Lipinski definition) is 1. The minimum Gasteiger partial charge on any atom is -0.495 e. The first-order valence-electron chi connectivity index (χ1n) is 4.37. The average molecular weight is 256 g/mol. The van der Waals surface area contributed by atoms with E-state index in [0.29, 0.717) is 6.42 Å². The number of benzene rings is 1. The van der Waals surface area contributed by atoms with Crippen LogP contribution in [0.5, 0.6) is 5.75 Å². The van der Waals surface area contributed by atoms with Crippen molar-refractivity contribution in [2.75, 3.05) is 12.4 Å². The van der Waals surface area contributed by atoms with Gasteiger partial charge in [0.1, 0.15) is 5.75 Å². The standard InChI is InChI=1S/C10H10BrNO2/c1-14-10-6-2-5-9(13)12-8(6)4-3-7(10)11/h3-4H,2,5H2,1H3,(H,12,13). The second-order valence-corrected chi connectivity index (χ2v) is 4.01. The first-order chi connectivity index (χ1) is 6.72. The maximum absolute atomic E-state index is 11.1. The number of rotatable bonds is 1. The van der Waals surface area contributed by atoms with Crippen molar-refractivity contribution < 1.29 is 9.53 Å². The molecule has 3 nitrogen and oxygen atoms in total. The monoisotopic (exact) mass is 255 g/mol. The number of halogens is 1. The molecule has 0 atom stereocenters. The van der Waals surface area contributed by atoms with E-state index in [-0.39, 0.29) is 5.91 Å². The number of fused-ring (bicyclic) bond motifs is 1. The van der Waals surface area contributed by atoms with Gasteiger partial charge in [-0.15, -0.1) is 0 Å². The quantitative estimate of drug-likeness (QED) is 0.837. The Morgan fingerprint density at radius 3 is 2.93 bits per heavy atom. The molecule has 1 N–H and O–H groups in total. The van der Waals surface area contributed by atoms with E-state index in [4.69, 9.17) is 4.74 Å². The molecule has 1 heterocycles. The van der Waals surface area contributed by atoms with Crippen LogP contribution in [0.2, 0.25) is 0 Å². The van der Waals surface area contributed by atoms with Crippen LogP contribution in [0.3, 0.4) is 0 Å². The van der Waals surface area contributed by atoms with E-state index < -0.39 is 0 Å². The number of nitrogens with one attached hydrogen (secondary N) is 1. The van der Waals surface area contributed by atoms with Gasteiger partial charge < -0.3 is 10.1 Å². The van der Waals surface area contributed by atoms with Gasteiger partial charge in [-0.05, 0) is 34.5 Å². The third-order valence-electron chi connectivity index (χ3n) is 2.29. The highest BCUT2D eigenvalue weighted by Crippen LogP contribution is 2.36. The average Bonchev–Trinajstić information content (AvgIpc) is 2.18. The second kappa shape index (κ2) is 3.61. The summed E-state index contributed by atoms with van der Waals surface area (Å²) < 4.78 is 6.21. The van der Waals surface area contributed by atoms with Crippen LogP contribution in [0.25, 0.3) is 0 Å². The molecular weight excluding hydrogens is 246 g/mol. The van der Waals surface area contributed by atoms with Crippen molar-refractivity contribution in [3.8, 4) is 5.75 Å². The molecule has 0 saturated heterocycles.